The highest BCUT2D eigenvalue weighted by atomic mass is 16.5. The average molecular weight is 326 g/mol. The zero-order chi connectivity index (χ0) is 17.3. The predicted molar refractivity (Wildman–Crippen MR) is 89.2 cm³/mol. The summed E-state index contributed by atoms with van der Waals surface area (Å²) in [6.07, 6.45) is 1.92. The van der Waals surface area contributed by atoms with Crippen LogP contribution in [0.1, 0.15) is 25.2 Å². The molecule has 0 N–H and O–H groups in total. The third-order valence-electron chi connectivity index (χ3n) is 3.98. The predicted octanol–water partition coefficient (Wildman–Crippen LogP) is 2.01. The van der Waals surface area contributed by atoms with Gasteiger partial charge in [-0.1, -0.05) is 25.1 Å². The second-order valence-electron chi connectivity index (χ2n) is 5.41. The minimum Gasteiger partial charge on any atom is -0.467 e. The molecule has 3 aromatic rings. The standard InChI is InChI=1S/C17H18N4O3/c1-4-14(17(23)24-3)20-11(2)19-15-13(16(20)22)10-18-21(15)12-8-6-5-7-9-12/h5-10,14H,4H2,1-3H3. The minimum absolute atomic E-state index is 0.295. The van der Waals surface area contributed by atoms with Crippen LogP contribution in [0, 0.1) is 6.92 Å². The van der Waals surface area contributed by atoms with Crippen molar-refractivity contribution in [2.45, 2.75) is 26.3 Å². The average Bonchev–Trinajstić information content (AvgIpc) is 3.02. The molecule has 3 rings (SSSR count). The third-order valence-corrected chi connectivity index (χ3v) is 3.98. The smallest absolute Gasteiger partial charge is 0.329 e. The van der Waals surface area contributed by atoms with Crippen molar-refractivity contribution in [3.8, 4) is 5.69 Å². The van der Waals surface area contributed by atoms with Crippen LogP contribution < -0.4 is 5.56 Å². The van der Waals surface area contributed by atoms with Gasteiger partial charge in [0, 0.05) is 0 Å². The molecule has 1 aromatic carbocycles. The largest absolute Gasteiger partial charge is 0.467 e. The van der Waals surface area contributed by atoms with Gasteiger partial charge in [0.15, 0.2) is 5.65 Å². The summed E-state index contributed by atoms with van der Waals surface area (Å²) >= 11 is 0. The lowest BCUT2D eigenvalue weighted by atomic mass is 10.2. The summed E-state index contributed by atoms with van der Waals surface area (Å²) in [5, 5.41) is 4.65. The van der Waals surface area contributed by atoms with Crippen LogP contribution in [0.5, 0.6) is 0 Å². The first-order valence-electron chi connectivity index (χ1n) is 7.68. The van der Waals surface area contributed by atoms with Crippen LogP contribution >= 0.6 is 0 Å². The van der Waals surface area contributed by atoms with E-state index in [0.717, 1.165) is 5.69 Å². The summed E-state index contributed by atoms with van der Waals surface area (Å²) in [6, 6.07) is 8.77. The number of carbonyl (C=O) groups is 1. The summed E-state index contributed by atoms with van der Waals surface area (Å²) in [4.78, 5) is 29.4. The number of benzene rings is 1. The number of fused-ring (bicyclic) bond motifs is 1. The van der Waals surface area contributed by atoms with Gasteiger partial charge >= 0.3 is 5.97 Å². The summed E-state index contributed by atoms with van der Waals surface area (Å²) in [6.45, 7) is 3.53. The molecule has 0 saturated carbocycles. The van der Waals surface area contributed by atoms with E-state index in [9.17, 15) is 9.59 Å². The maximum absolute atomic E-state index is 12.9. The quantitative estimate of drug-likeness (QED) is 0.685. The van der Waals surface area contributed by atoms with Gasteiger partial charge in [0.2, 0.25) is 0 Å². The van der Waals surface area contributed by atoms with E-state index in [0.29, 0.717) is 23.3 Å². The highest BCUT2D eigenvalue weighted by Gasteiger charge is 2.24. The van der Waals surface area contributed by atoms with Gasteiger partial charge in [0.1, 0.15) is 17.3 Å². The van der Waals surface area contributed by atoms with Crippen molar-refractivity contribution >= 4 is 17.0 Å². The lowest BCUT2D eigenvalue weighted by Gasteiger charge is -2.18. The number of methoxy groups -OCH3 is 1. The molecular formula is C17H18N4O3. The number of esters is 1. The molecule has 0 bridgehead atoms. The fourth-order valence-corrected chi connectivity index (χ4v) is 2.80. The van der Waals surface area contributed by atoms with Gasteiger partial charge in [-0.15, -0.1) is 0 Å². The molecule has 1 atom stereocenters. The molecule has 2 aromatic heterocycles. The molecule has 1 unspecified atom stereocenters. The molecule has 0 fully saturated rings. The minimum atomic E-state index is -0.695. The number of aryl methyl sites for hydroxylation is 1. The Labute approximate surface area is 138 Å². The molecule has 0 spiro atoms. The SMILES string of the molecule is CCC(C(=O)OC)n1c(C)nc2c(cnn2-c2ccccc2)c1=O. The van der Waals surface area contributed by atoms with Crippen molar-refractivity contribution in [2.24, 2.45) is 0 Å². The van der Waals surface area contributed by atoms with Gasteiger partial charge in [0.05, 0.1) is 19.0 Å². The maximum Gasteiger partial charge on any atom is 0.329 e. The van der Waals surface area contributed by atoms with Crippen LogP contribution in [0.15, 0.2) is 41.3 Å². The van der Waals surface area contributed by atoms with E-state index in [1.807, 2.05) is 37.3 Å². The molecule has 0 aliphatic carbocycles. The first-order valence-corrected chi connectivity index (χ1v) is 7.68. The molecule has 0 aliphatic heterocycles. The summed E-state index contributed by atoms with van der Waals surface area (Å²) < 4.78 is 7.81. The Bertz CT molecular complexity index is 944. The van der Waals surface area contributed by atoms with Crippen LogP contribution in [0.2, 0.25) is 0 Å². The zero-order valence-electron chi connectivity index (χ0n) is 13.8. The fraction of sp³-hybridized carbons (Fsp3) is 0.294. The second-order valence-corrected chi connectivity index (χ2v) is 5.41. The monoisotopic (exact) mass is 326 g/mol. The van der Waals surface area contributed by atoms with Gasteiger partial charge in [-0.3, -0.25) is 9.36 Å². The maximum atomic E-state index is 12.9. The molecule has 7 heteroatoms. The Morgan fingerprint density at radius 3 is 2.62 bits per heavy atom. The van der Waals surface area contributed by atoms with Crippen LogP contribution in [0.3, 0.4) is 0 Å². The molecule has 2 heterocycles. The Morgan fingerprint density at radius 1 is 1.29 bits per heavy atom. The molecule has 0 amide bonds. The normalized spacial score (nSPS) is 12.3. The van der Waals surface area contributed by atoms with Crippen molar-refractivity contribution in [1.29, 1.82) is 0 Å². The van der Waals surface area contributed by atoms with E-state index >= 15 is 0 Å². The van der Waals surface area contributed by atoms with Gasteiger partial charge in [-0.25, -0.2) is 14.5 Å². The molecule has 124 valence electrons. The van der Waals surface area contributed by atoms with Gasteiger partial charge in [-0.2, -0.15) is 5.10 Å². The lowest BCUT2D eigenvalue weighted by molar-refractivity contribution is -0.144. The van der Waals surface area contributed by atoms with E-state index in [1.165, 1.54) is 17.9 Å². The van der Waals surface area contributed by atoms with E-state index in [-0.39, 0.29) is 5.56 Å². The topological polar surface area (TPSA) is 79.0 Å². The molecule has 24 heavy (non-hydrogen) atoms. The first kappa shape index (κ1) is 15.9. The number of hydrogen-bond donors (Lipinski definition) is 0. The van der Waals surface area contributed by atoms with E-state index in [2.05, 4.69) is 10.1 Å². The van der Waals surface area contributed by atoms with Crippen LogP contribution in [-0.2, 0) is 9.53 Å². The molecule has 7 nitrogen and oxygen atoms in total. The molecule has 0 saturated heterocycles. The number of rotatable bonds is 4. The summed E-state index contributed by atoms with van der Waals surface area (Å²) in [7, 11) is 1.31. The fourth-order valence-electron chi connectivity index (χ4n) is 2.80. The zero-order valence-corrected chi connectivity index (χ0v) is 13.8. The van der Waals surface area contributed by atoms with Crippen LogP contribution in [0.4, 0.5) is 0 Å². The van der Waals surface area contributed by atoms with Crippen molar-refractivity contribution in [3.05, 3.63) is 52.7 Å². The van der Waals surface area contributed by atoms with Gasteiger partial charge in [0.25, 0.3) is 5.56 Å². The van der Waals surface area contributed by atoms with E-state index < -0.39 is 12.0 Å². The first-order chi connectivity index (χ1) is 11.6. The van der Waals surface area contributed by atoms with E-state index in [4.69, 9.17) is 4.74 Å². The Hall–Kier alpha value is -2.96. The Balaban J connectivity index is 2.23. The number of carbonyl (C=O) groups excluding carboxylic acids is 1. The second kappa shape index (κ2) is 6.27. The van der Waals surface area contributed by atoms with Gasteiger partial charge < -0.3 is 4.74 Å². The Kier molecular flexibility index (Phi) is 4.16. The molecule has 0 aliphatic rings. The van der Waals surface area contributed by atoms with Gasteiger partial charge in [-0.05, 0) is 25.5 Å². The highest BCUT2D eigenvalue weighted by Crippen LogP contribution is 2.18. The summed E-state index contributed by atoms with van der Waals surface area (Å²) in [5.74, 6) is -0.0123. The van der Waals surface area contributed by atoms with E-state index in [1.54, 1.807) is 11.6 Å². The number of nitrogens with zero attached hydrogens (tertiary/aromatic N) is 4. The number of para-hydroxylation sites is 1. The summed E-state index contributed by atoms with van der Waals surface area (Å²) in [5.41, 5.74) is 0.994. The number of hydrogen-bond acceptors (Lipinski definition) is 5. The van der Waals surface area contributed by atoms with Crippen molar-refractivity contribution in [3.63, 3.8) is 0 Å². The highest BCUT2D eigenvalue weighted by molar-refractivity contribution is 5.77. The molecular weight excluding hydrogens is 308 g/mol. The van der Waals surface area contributed by atoms with Crippen molar-refractivity contribution < 1.29 is 9.53 Å². The number of aromatic nitrogens is 4. The third kappa shape index (κ3) is 2.47. The molecule has 0 radical (unpaired) electrons. The van der Waals surface area contributed by atoms with Crippen molar-refractivity contribution in [2.75, 3.05) is 7.11 Å². The van der Waals surface area contributed by atoms with Crippen molar-refractivity contribution in [1.82, 2.24) is 19.3 Å². The van der Waals surface area contributed by atoms with Crippen LogP contribution in [-0.4, -0.2) is 32.4 Å². The number of ether oxygens (including phenoxy) is 1. The lowest BCUT2D eigenvalue weighted by Crippen LogP contribution is -2.32. The Morgan fingerprint density at radius 2 is 2.00 bits per heavy atom. The van der Waals surface area contributed by atoms with Crippen LogP contribution in [0.25, 0.3) is 16.7 Å².